The van der Waals surface area contributed by atoms with Crippen LogP contribution in [0.2, 0.25) is 0 Å². The lowest BCUT2D eigenvalue weighted by Crippen LogP contribution is -2.41. The van der Waals surface area contributed by atoms with Gasteiger partial charge in [0, 0.05) is 44.4 Å². The summed E-state index contributed by atoms with van der Waals surface area (Å²) in [7, 11) is 0. The molecule has 1 aliphatic rings. The van der Waals surface area contributed by atoms with Gasteiger partial charge < -0.3 is 20.6 Å². The van der Waals surface area contributed by atoms with E-state index >= 15 is 0 Å². The number of nitrogens with one attached hydrogen (secondary N) is 1. The van der Waals surface area contributed by atoms with Crippen LogP contribution in [0.1, 0.15) is 12.5 Å². The summed E-state index contributed by atoms with van der Waals surface area (Å²) in [6.07, 6.45) is 0. The van der Waals surface area contributed by atoms with Gasteiger partial charge >= 0.3 is 12.0 Å². The summed E-state index contributed by atoms with van der Waals surface area (Å²) in [5.74, 6) is -1.47. The van der Waals surface area contributed by atoms with Crippen LogP contribution in [-0.2, 0) is 9.59 Å². The Morgan fingerprint density at radius 2 is 1.92 bits per heavy atom. The van der Waals surface area contributed by atoms with E-state index in [0.717, 1.165) is 0 Å². The number of nitrogen functional groups attached to an aromatic ring is 1. The lowest BCUT2D eigenvalue weighted by Gasteiger charge is -2.23. The van der Waals surface area contributed by atoms with Gasteiger partial charge in [0.1, 0.15) is 12.4 Å². The van der Waals surface area contributed by atoms with Crippen LogP contribution in [0.15, 0.2) is 24.3 Å². The fraction of sp³-hybridized carbons (Fsp3) is 0.375. The molecular weight excluding hydrogens is 326 g/mol. The number of rotatable bonds is 7. The molecule has 4 N–H and O–H groups in total. The lowest BCUT2D eigenvalue weighted by molar-refractivity contribution is -0.143. The molecule has 2 rings (SSSR count). The van der Waals surface area contributed by atoms with Crippen LogP contribution in [0.5, 0.6) is 0 Å². The average Bonchev–Trinajstić information content (AvgIpc) is 2.91. The van der Waals surface area contributed by atoms with Gasteiger partial charge in [-0.3, -0.25) is 19.9 Å². The first-order valence-corrected chi connectivity index (χ1v) is 7.78. The molecule has 0 spiro atoms. The third kappa shape index (κ3) is 4.46. The van der Waals surface area contributed by atoms with E-state index in [1.165, 1.54) is 11.8 Å². The van der Waals surface area contributed by atoms with E-state index in [-0.39, 0.29) is 37.4 Å². The van der Waals surface area contributed by atoms with Gasteiger partial charge in [-0.15, -0.1) is 0 Å². The Morgan fingerprint density at radius 3 is 2.44 bits per heavy atom. The maximum absolute atomic E-state index is 12.5. The van der Waals surface area contributed by atoms with Crippen LogP contribution in [-0.4, -0.2) is 71.4 Å². The van der Waals surface area contributed by atoms with Gasteiger partial charge in [-0.1, -0.05) is 0 Å². The van der Waals surface area contributed by atoms with Gasteiger partial charge in [-0.25, -0.2) is 4.79 Å². The van der Waals surface area contributed by atoms with Crippen molar-refractivity contribution in [3.8, 4) is 0 Å². The van der Waals surface area contributed by atoms with Gasteiger partial charge in [-0.2, -0.15) is 0 Å². The third-order valence-corrected chi connectivity index (χ3v) is 4.00. The van der Waals surface area contributed by atoms with Crippen molar-refractivity contribution in [1.82, 2.24) is 9.80 Å². The molecule has 25 heavy (non-hydrogen) atoms. The highest BCUT2D eigenvalue weighted by atomic mass is 16.4. The molecule has 1 aromatic rings. The topological polar surface area (TPSA) is 131 Å². The van der Waals surface area contributed by atoms with Gasteiger partial charge in [0.05, 0.1) is 0 Å². The summed E-state index contributed by atoms with van der Waals surface area (Å²) >= 11 is 0. The van der Waals surface area contributed by atoms with Gasteiger partial charge in [0.2, 0.25) is 5.91 Å². The monoisotopic (exact) mass is 347 g/mol. The summed E-state index contributed by atoms with van der Waals surface area (Å²) in [5.41, 5.74) is 6.70. The molecule has 0 unspecified atom stereocenters. The SMILES string of the molecule is CC(=O)N(CCN1CCN(c2ccc(C(=N)N)cc2)C1=O)CC(=O)O. The van der Waals surface area contributed by atoms with Crippen molar-refractivity contribution in [2.24, 2.45) is 5.73 Å². The van der Waals surface area contributed by atoms with Gasteiger partial charge in [0.15, 0.2) is 0 Å². The average molecular weight is 347 g/mol. The Morgan fingerprint density at radius 1 is 1.28 bits per heavy atom. The number of hydrogen-bond acceptors (Lipinski definition) is 4. The first kappa shape index (κ1) is 18.2. The Labute approximate surface area is 145 Å². The van der Waals surface area contributed by atoms with Gasteiger partial charge in [-0.05, 0) is 24.3 Å². The second kappa shape index (κ2) is 7.65. The minimum atomic E-state index is -1.09. The van der Waals surface area contributed by atoms with Crippen molar-refractivity contribution in [2.75, 3.05) is 37.6 Å². The molecular formula is C16H21N5O4. The summed E-state index contributed by atoms with van der Waals surface area (Å²) in [6, 6.07) is 6.61. The number of amidine groups is 1. The lowest BCUT2D eigenvalue weighted by atomic mass is 10.2. The maximum Gasteiger partial charge on any atom is 0.324 e. The number of anilines is 1. The Balaban J connectivity index is 1.97. The number of benzene rings is 1. The summed E-state index contributed by atoms with van der Waals surface area (Å²) < 4.78 is 0. The standard InChI is InChI=1S/C16H21N5O4/c1-11(22)20(10-14(23)24)7-6-19-8-9-21(16(19)25)13-4-2-12(3-5-13)15(17)18/h2-5H,6-10H2,1H3,(H3,17,18)(H,23,24). The van der Waals surface area contributed by atoms with Crippen LogP contribution < -0.4 is 10.6 Å². The molecule has 3 amide bonds. The van der Waals surface area contributed by atoms with Crippen molar-refractivity contribution < 1.29 is 19.5 Å². The number of urea groups is 1. The molecule has 1 saturated heterocycles. The zero-order valence-corrected chi connectivity index (χ0v) is 13.9. The van der Waals surface area contributed by atoms with E-state index in [1.54, 1.807) is 34.1 Å². The van der Waals surface area contributed by atoms with E-state index in [9.17, 15) is 14.4 Å². The smallest absolute Gasteiger partial charge is 0.324 e. The van der Waals surface area contributed by atoms with E-state index in [1.807, 2.05) is 0 Å². The Hall–Kier alpha value is -3.10. The molecule has 134 valence electrons. The van der Waals surface area contributed by atoms with Crippen LogP contribution in [0.25, 0.3) is 0 Å². The molecule has 1 aromatic carbocycles. The normalized spacial score (nSPS) is 13.9. The molecule has 0 saturated carbocycles. The fourth-order valence-corrected chi connectivity index (χ4v) is 2.60. The van der Waals surface area contributed by atoms with Crippen molar-refractivity contribution in [1.29, 1.82) is 5.41 Å². The number of nitrogens with two attached hydrogens (primary N) is 1. The molecule has 1 fully saturated rings. The summed E-state index contributed by atoms with van der Waals surface area (Å²) in [5, 5.41) is 16.2. The van der Waals surface area contributed by atoms with Crippen LogP contribution in [0.3, 0.4) is 0 Å². The second-order valence-corrected chi connectivity index (χ2v) is 5.72. The van der Waals surface area contributed by atoms with Crippen LogP contribution >= 0.6 is 0 Å². The molecule has 0 radical (unpaired) electrons. The highest BCUT2D eigenvalue weighted by molar-refractivity contribution is 5.97. The van der Waals surface area contributed by atoms with E-state index in [4.69, 9.17) is 16.2 Å². The number of carbonyl (C=O) groups is 3. The molecule has 9 nitrogen and oxygen atoms in total. The third-order valence-electron chi connectivity index (χ3n) is 4.00. The van der Waals surface area contributed by atoms with E-state index < -0.39 is 5.97 Å². The molecule has 0 atom stereocenters. The predicted molar refractivity (Wildman–Crippen MR) is 91.7 cm³/mol. The predicted octanol–water partition coefficient (Wildman–Crippen LogP) is 0.146. The quantitative estimate of drug-likeness (QED) is 0.477. The molecule has 9 heteroatoms. The maximum atomic E-state index is 12.5. The first-order valence-electron chi connectivity index (χ1n) is 7.78. The van der Waals surface area contributed by atoms with E-state index in [0.29, 0.717) is 24.3 Å². The Bertz CT molecular complexity index is 688. The number of carboxylic acid groups (broad SMARTS) is 1. The van der Waals surface area contributed by atoms with Crippen molar-refractivity contribution in [2.45, 2.75) is 6.92 Å². The molecule has 1 aliphatic heterocycles. The van der Waals surface area contributed by atoms with E-state index in [2.05, 4.69) is 0 Å². The number of amides is 3. The second-order valence-electron chi connectivity index (χ2n) is 5.72. The van der Waals surface area contributed by atoms with Crippen molar-refractivity contribution >= 4 is 29.4 Å². The molecule has 0 bridgehead atoms. The zero-order chi connectivity index (χ0) is 18.6. The number of aliphatic carboxylic acids is 1. The minimum absolute atomic E-state index is 0.0383. The Kier molecular flexibility index (Phi) is 5.58. The summed E-state index contributed by atoms with van der Waals surface area (Å²) in [6.45, 7) is 2.35. The highest BCUT2D eigenvalue weighted by Gasteiger charge is 2.30. The van der Waals surface area contributed by atoms with Crippen LogP contribution in [0.4, 0.5) is 10.5 Å². The molecule has 0 aromatic heterocycles. The molecule has 1 heterocycles. The van der Waals surface area contributed by atoms with Crippen LogP contribution in [0, 0.1) is 5.41 Å². The van der Waals surface area contributed by atoms with Crippen molar-refractivity contribution in [3.05, 3.63) is 29.8 Å². The zero-order valence-electron chi connectivity index (χ0n) is 13.9. The van der Waals surface area contributed by atoms with Crippen molar-refractivity contribution in [3.63, 3.8) is 0 Å². The number of carbonyl (C=O) groups excluding carboxylic acids is 2. The highest BCUT2D eigenvalue weighted by Crippen LogP contribution is 2.20. The first-order chi connectivity index (χ1) is 11.8. The largest absolute Gasteiger partial charge is 0.480 e. The summed E-state index contributed by atoms with van der Waals surface area (Å²) in [4.78, 5) is 39.1. The minimum Gasteiger partial charge on any atom is -0.480 e. The van der Waals surface area contributed by atoms with Gasteiger partial charge in [0.25, 0.3) is 0 Å². The fourth-order valence-electron chi connectivity index (χ4n) is 2.60. The number of carboxylic acids is 1. The number of hydrogen-bond donors (Lipinski definition) is 3. The number of nitrogens with zero attached hydrogens (tertiary/aromatic N) is 3. The molecule has 0 aliphatic carbocycles.